The first kappa shape index (κ1) is 21.7. The maximum atomic E-state index is 12.8. The summed E-state index contributed by atoms with van der Waals surface area (Å²) in [6.45, 7) is 2.56. The van der Waals surface area contributed by atoms with Crippen LogP contribution in [-0.4, -0.2) is 36.6 Å². The normalized spacial score (nSPS) is 14.3. The van der Waals surface area contributed by atoms with E-state index in [2.05, 4.69) is 11.5 Å². The highest BCUT2D eigenvalue weighted by molar-refractivity contribution is 5.94. The van der Waals surface area contributed by atoms with Crippen molar-refractivity contribution >= 4 is 5.91 Å². The van der Waals surface area contributed by atoms with E-state index in [1.54, 1.807) is 33.5 Å². The fourth-order valence-corrected chi connectivity index (χ4v) is 4.18. The first-order valence-corrected chi connectivity index (χ1v) is 10.8. The van der Waals surface area contributed by atoms with Crippen molar-refractivity contribution in [2.24, 2.45) is 0 Å². The Hall–Kier alpha value is -3.54. The fourth-order valence-electron chi connectivity index (χ4n) is 4.18. The number of ether oxygens (including phenoxy) is 2. The van der Waals surface area contributed by atoms with E-state index in [0.29, 0.717) is 18.1 Å². The molecule has 166 valence electrons. The molecule has 0 aliphatic carbocycles. The van der Waals surface area contributed by atoms with Crippen molar-refractivity contribution in [1.29, 1.82) is 0 Å². The molecule has 2 heterocycles. The van der Waals surface area contributed by atoms with Crippen LogP contribution in [0.2, 0.25) is 0 Å². The molecule has 1 amide bonds. The summed E-state index contributed by atoms with van der Waals surface area (Å²) in [5.74, 6) is 1.01. The number of amides is 1. The highest BCUT2D eigenvalue weighted by Gasteiger charge is 2.27. The number of fused-ring (bicyclic) bond motifs is 3. The van der Waals surface area contributed by atoms with Gasteiger partial charge in [0.2, 0.25) is 0 Å². The Morgan fingerprint density at radius 2 is 1.88 bits per heavy atom. The van der Waals surface area contributed by atoms with Gasteiger partial charge in [-0.1, -0.05) is 37.3 Å². The van der Waals surface area contributed by atoms with Crippen LogP contribution in [0.1, 0.15) is 40.9 Å². The standard InChI is InChI=1S/C26H28N2O4/c1-5-19-11-18-12-25(32-16-17-9-7-6-8-10-17)24(31-4)13-20(18)22-14-23(29)21(15-28(19)22)26(30)27(2)3/h6-10,12-15,19H,5,11,16H2,1-4H3. The summed E-state index contributed by atoms with van der Waals surface area (Å²) in [6, 6.07) is 15.7. The van der Waals surface area contributed by atoms with E-state index in [4.69, 9.17) is 9.47 Å². The molecule has 6 nitrogen and oxygen atoms in total. The molecule has 1 unspecified atom stereocenters. The summed E-state index contributed by atoms with van der Waals surface area (Å²) in [5, 5.41) is 0. The lowest BCUT2D eigenvalue weighted by molar-refractivity contribution is 0.0825. The predicted octanol–water partition coefficient (Wildman–Crippen LogP) is 4.31. The molecule has 1 atom stereocenters. The second-order valence-electron chi connectivity index (χ2n) is 8.24. The molecule has 6 heteroatoms. The first-order chi connectivity index (χ1) is 15.4. The molecule has 0 fully saturated rings. The van der Waals surface area contributed by atoms with Crippen LogP contribution in [0.4, 0.5) is 0 Å². The number of benzene rings is 2. The summed E-state index contributed by atoms with van der Waals surface area (Å²) in [5.41, 5.74) is 3.82. The van der Waals surface area contributed by atoms with E-state index in [-0.39, 0.29) is 22.9 Å². The monoisotopic (exact) mass is 432 g/mol. The van der Waals surface area contributed by atoms with E-state index in [1.807, 2.05) is 42.5 Å². The number of hydrogen-bond acceptors (Lipinski definition) is 4. The van der Waals surface area contributed by atoms with Gasteiger partial charge in [0, 0.05) is 38.0 Å². The van der Waals surface area contributed by atoms with E-state index in [1.165, 1.54) is 4.90 Å². The van der Waals surface area contributed by atoms with E-state index < -0.39 is 0 Å². The molecule has 0 bridgehead atoms. The van der Waals surface area contributed by atoms with Crippen molar-refractivity contribution < 1.29 is 14.3 Å². The van der Waals surface area contributed by atoms with Crippen molar-refractivity contribution in [2.45, 2.75) is 32.4 Å². The summed E-state index contributed by atoms with van der Waals surface area (Å²) in [6.07, 6.45) is 3.36. The largest absolute Gasteiger partial charge is 0.493 e. The second-order valence-corrected chi connectivity index (χ2v) is 8.24. The van der Waals surface area contributed by atoms with Crippen LogP contribution in [0.3, 0.4) is 0 Å². The second kappa shape index (κ2) is 8.91. The van der Waals surface area contributed by atoms with E-state index in [9.17, 15) is 9.59 Å². The average molecular weight is 433 g/mol. The molecule has 4 rings (SSSR count). The van der Waals surface area contributed by atoms with Crippen molar-refractivity contribution in [3.05, 3.63) is 81.6 Å². The topological polar surface area (TPSA) is 60.8 Å². The maximum absolute atomic E-state index is 12.8. The van der Waals surface area contributed by atoms with Crippen LogP contribution < -0.4 is 14.9 Å². The molecule has 0 radical (unpaired) electrons. The molecular weight excluding hydrogens is 404 g/mol. The van der Waals surface area contributed by atoms with Gasteiger partial charge in [-0.05, 0) is 36.1 Å². The molecule has 0 saturated carbocycles. The molecule has 3 aromatic rings. The molecule has 2 aromatic carbocycles. The number of hydrogen-bond donors (Lipinski definition) is 0. The Kier molecular flexibility index (Phi) is 6.04. The van der Waals surface area contributed by atoms with Gasteiger partial charge in [0.05, 0.1) is 12.8 Å². The molecule has 0 spiro atoms. The number of nitrogens with zero attached hydrogens (tertiary/aromatic N) is 2. The Balaban J connectivity index is 1.77. The highest BCUT2D eigenvalue weighted by atomic mass is 16.5. The third-order valence-corrected chi connectivity index (χ3v) is 5.94. The Morgan fingerprint density at radius 1 is 1.12 bits per heavy atom. The summed E-state index contributed by atoms with van der Waals surface area (Å²) in [7, 11) is 4.92. The van der Waals surface area contributed by atoms with Gasteiger partial charge in [-0.25, -0.2) is 0 Å². The number of pyridine rings is 1. The lowest BCUT2D eigenvalue weighted by Crippen LogP contribution is -2.30. The number of aromatic nitrogens is 1. The lowest BCUT2D eigenvalue weighted by Gasteiger charge is -2.31. The summed E-state index contributed by atoms with van der Waals surface area (Å²) >= 11 is 0. The van der Waals surface area contributed by atoms with Crippen molar-refractivity contribution in [1.82, 2.24) is 9.47 Å². The zero-order valence-electron chi connectivity index (χ0n) is 18.9. The molecule has 0 saturated heterocycles. The van der Waals surface area contributed by atoms with Crippen LogP contribution in [0.15, 0.2) is 59.5 Å². The van der Waals surface area contributed by atoms with Crippen LogP contribution in [0, 0.1) is 0 Å². The minimum absolute atomic E-state index is 0.141. The number of rotatable bonds is 6. The SMILES string of the molecule is CCC1Cc2cc(OCc3ccccc3)c(OC)cc2-c2cc(=O)c(C(=O)N(C)C)cn21. The van der Waals surface area contributed by atoms with Crippen LogP contribution in [0.5, 0.6) is 11.5 Å². The fraction of sp³-hybridized carbons (Fsp3) is 0.308. The zero-order chi connectivity index (χ0) is 22.8. The summed E-state index contributed by atoms with van der Waals surface area (Å²) < 4.78 is 13.8. The molecule has 1 aliphatic heterocycles. The van der Waals surface area contributed by atoms with E-state index >= 15 is 0 Å². The lowest BCUT2D eigenvalue weighted by atomic mass is 9.90. The summed E-state index contributed by atoms with van der Waals surface area (Å²) in [4.78, 5) is 26.7. The Morgan fingerprint density at radius 3 is 2.53 bits per heavy atom. The van der Waals surface area contributed by atoms with Crippen molar-refractivity contribution in [3.63, 3.8) is 0 Å². The van der Waals surface area contributed by atoms with Gasteiger partial charge in [0.1, 0.15) is 12.2 Å². The van der Waals surface area contributed by atoms with E-state index in [0.717, 1.165) is 35.2 Å². The Labute approximate surface area is 188 Å². The van der Waals surface area contributed by atoms with Gasteiger partial charge < -0.3 is 18.9 Å². The molecule has 32 heavy (non-hydrogen) atoms. The Bertz CT molecular complexity index is 1200. The third kappa shape index (κ3) is 4.00. The predicted molar refractivity (Wildman–Crippen MR) is 125 cm³/mol. The van der Waals surface area contributed by atoms with Crippen LogP contribution >= 0.6 is 0 Å². The highest BCUT2D eigenvalue weighted by Crippen LogP contribution is 2.41. The molecular formula is C26H28N2O4. The average Bonchev–Trinajstić information content (AvgIpc) is 2.81. The molecule has 1 aromatic heterocycles. The first-order valence-electron chi connectivity index (χ1n) is 10.8. The number of methoxy groups -OCH3 is 1. The van der Waals surface area contributed by atoms with Gasteiger partial charge in [-0.3, -0.25) is 9.59 Å². The third-order valence-electron chi connectivity index (χ3n) is 5.94. The quantitative estimate of drug-likeness (QED) is 0.582. The molecule has 0 N–H and O–H groups in total. The number of carbonyl (C=O) groups excluding carboxylic acids is 1. The van der Waals surface area contributed by atoms with Gasteiger partial charge in [0.15, 0.2) is 16.9 Å². The van der Waals surface area contributed by atoms with Gasteiger partial charge in [-0.15, -0.1) is 0 Å². The van der Waals surface area contributed by atoms with Gasteiger partial charge in [-0.2, -0.15) is 0 Å². The van der Waals surface area contributed by atoms with Crippen LogP contribution in [0.25, 0.3) is 11.3 Å². The smallest absolute Gasteiger partial charge is 0.258 e. The van der Waals surface area contributed by atoms with Crippen molar-refractivity contribution in [2.75, 3.05) is 21.2 Å². The van der Waals surface area contributed by atoms with Crippen molar-refractivity contribution in [3.8, 4) is 22.8 Å². The zero-order valence-corrected chi connectivity index (χ0v) is 18.9. The minimum atomic E-state index is -0.284. The van der Waals surface area contributed by atoms with Gasteiger partial charge >= 0.3 is 0 Å². The van der Waals surface area contributed by atoms with Gasteiger partial charge in [0.25, 0.3) is 5.91 Å². The maximum Gasteiger partial charge on any atom is 0.258 e. The van der Waals surface area contributed by atoms with Crippen LogP contribution in [-0.2, 0) is 13.0 Å². The minimum Gasteiger partial charge on any atom is -0.493 e. The molecule has 1 aliphatic rings. The number of carbonyl (C=O) groups is 1.